The Labute approximate surface area is 196 Å². The van der Waals surface area contributed by atoms with Crippen LogP contribution < -0.4 is 11.3 Å². The average Bonchev–Trinajstić information content (AvgIpc) is 3.45. The maximum atomic E-state index is 12.2. The molecule has 34 heavy (non-hydrogen) atoms. The number of aliphatic hydroxyl groups is 1. The second kappa shape index (κ2) is 11.0. The van der Waals surface area contributed by atoms with Gasteiger partial charge in [0.05, 0.1) is 19.5 Å². The Morgan fingerprint density at radius 1 is 1.18 bits per heavy atom. The first kappa shape index (κ1) is 25.5. The molecule has 4 rings (SSSR count). The van der Waals surface area contributed by atoms with E-state index in [2.05, 4.69) is 15.0 Å². The van der Waals surface area contributed by atoms with E-state index < -0.39 is 58.1 Å². The summed E-state index contributed by atoms with van der Waals surface area (Å²) >= 11 is 0. The molecule has 9 atom stereocenters. The van der Waals surface area contributed by atoms with Crippen molar-refractivity contribution in [1.29, 1.82) is 0 Å². The number of hydrogen-bond acceptors (Lipinski definition) is 12. The van der Waals surface area contributed by atoms with Crippen molar-refractivity contribution in [3.05, 3.63) is 22.5 Å². The molecule has 2 aromatic heterocycles. The molecule has 2 aromatic rings. The topological polar surface area (TPSA) is 174 Å². The van der Waals surface area contributed by atoms with Gasteiger partial charge < -0.3 is 48.6 Å². The first-order chi connectivity index (χ1) is 16.4. The maximum absolute atomic E-state index is 12.2. The van der Waals surface area contributed by atoms with Crippen molar-refractivity contribution < 1.29 is 37.8 Å². The molecular formula is C19H30N5O9P. The quantitative estimate of drug-likeness (QED) is 0.266. The lowest BCUT2D eigenvalue weighted by Crippen LogP contribution is -2.38. The monoisotopic (exact) mass is 503 g/mol. The van der Waals surface area contributed by atoms with Crippen LogP contribution >= 0.6 is 9.03 Å². The van der Waals surface area contributed by atoms with Gasteiger partial charge in [0.15, 0.2) is 26.4 Å². The number of nitrogens with zero attached hydrogens (tertiary/aromatic N) is 3. The molecule has 5 unspecified atom stereocenters. The molecule has 0 spiro atoms. The van der Waals surface area contributed by atoms with Crippen molar-refractivity contribution in [3.8, 4) is 0 Å². The van der Waals surface area contributed by atoms with E-state index in [1.807, 2.05) is 0 Å². The second-order valence-electron chi connectivity index (χ2n) is 8.00. The Bertz CT molecular complexity index is 1020. The van der Waals surface area contributed by atoms with E-state index >= 15 is 0 Å². The third-order valence-corrected chi connectivity index (χ3v) is 6.50. The summed E-state index contributed by atoms with van der Waals surface area (Å²) in [7, 11) is 4.15. The highest BCUT2D eigenvalue weighted by molar-refractivity contribution is 7.26. The van der Waals surface area contributed by atoms with Crippen molar-refractivity contribution in [1.82, 2.24) is 19.5 Å². The molecule has 2 fully saturated rings. The Kier molecular flexibility index (Phi) is 8.25. The zero-order valence-electron chi connectivity index (χ0n) is 19.2. The van der Waals surface area contributed by atoms with Crippen LogP contribution in [0.1, 0.15) is 12.1 Å². The number of rotatable bonds is 10. The predicted molar refractivity (Wildman–Crippen MR) is 118 cm³/mol. The summed E-state index contributed by atoms with van der Waals surface area (Å²) in [6, 6.07) is 0. The van der Waals surface area contributed by atoms with Crippen molar-refractivity contribution in [2.24, 2.45) is 5.73 Å². The first-order valence-corrected chi connectivity index (χ1v) is 11.5. The number of aliphatic hydroxyl groups excluding tert-OH is 1. The number of methoxy groups -OCH3 is 3. The van der Waals surface area contributed by atoms with Gasteiger partial charge in [0, 0.05) is 21.3 Å². The zero-order chi connectivity index (χ0) is 24.4. The number of H-pyrrole nitrogens is 1. The van der Waals surface area contributed by atoms with E-state index in [4.69, 9.17) is 38.5 Å². The van der Waals surface area contributed by atoms with Crippen molar-refractivity contribution in [2.45, 2.75) is 56.0 Å². The minimum absolute atomic E-state index is 0.0644. The number of hydrogen-bond donors (Lipinski definition) is 3. The standard InChI is InChI=1S/C19H30N5O9P/c1-8-22-17-11(18(26)23-8)21-7-24(17)19-15(29-4)13(10(32-19)5-27-2)33-34-30-6-9-12(25)14(28-3)16(20)31-9/h7,9-10,12-16,19,25,34H,5-6,20H2,1-4H3,(H,22,23,26)/t9-,10-,12?,13?,14?,15?,16-,19-/m1/s1. The number of aryl methyl sites for hydroxylation is 1. The summed E-state index contributed by atoms with van der Waals surface area (Å²) in [5, 5.41) is 10.2. The van der Waals surface area contributed by atoms with Crippen molar-refractivity contribution in [2.75, 3.05) is 34.5 Å². The molecular weight excluding hydrogens is 473 g/mol. The van der Waals surface area contributed by atoms with Gasteiger partial charge in [-0.05, 0) is 6.92 Å². The fourth-order valence-electron chi connectivity index (χ4n) is 4.23. The molecule has 190 valence electrons. The number of fused-ring (bicyclic) bond motifs is 1. The van der Waals surface area contributed by atoms with Gasteiger partial charge in [-0.15, -0.1) is 0 Å². The van der Waals surface area contributed by atoms with Gasteiger partial charge in [-0.2, -0.15) is 0 Å². The van der Waals surface area contributed by atoms with E-state index in [1.165, 1.54) is 20.5 Å². The molecule has 0 saturated carbocycles. The molecule has 2 aliphatic rings. The number of ether oxygens (including phenoxy) is 5. The zero-order valence-corrected chi connectivity index (χ0v) is 20.2. The molecule has 0 radical (unpaired) electrons. The molecule has 0 aromatic carbocycles. The van der Waals surface area contributed by atoms with Gasteiger partial charge in [-0.25, -0.2) is 9.97 Å². The highest BCUT2D eigenvalue weighted by atomic mass is 31.1. The third kappa shape index (κ3) is 4.88. The van der Waals surface area contributed by atoms with E-state index in [0.29, 0.717) is 11.5 Å². The largest absolute Gasteiger partial charge is 0.387 e. The lowest BCUT2D eigenvalue weighted by Gasteiger charge is -2.23. The highest BCUT2D eigenvalue weighted by Crippen LogP contribution is 2.38. The normalized spacial score (nSPS) is 34.2. The van der Waals surface area contributed by atoms with E-state index in [-0.39, 0.29) is 24.3 Å². The Morgan fingerprint density at radius 2 is 1.94 bits per heavy atom. The SMILES string of the molecule is COC[C@H]1O[C@@H](n2cnc3c(=O)[nH]c(C)nc32)C(OC)C1OPOC[C@H]1O[C@@H](N)C(OC)C1O. The van der Waals surface area contributed by atoms with Gasteiger partial charge in [0.25, 0.3) is 5.56 Å². The van der Waals surface area contributed by atoms with Crippen molar-refractivity contribution >= 4 is 20.2 Å². The fourth-order valence-corrected chi connectivity index (χ4v) is 4.93. The third-order valence-electron chi connectivity index (χ3n) is 5.85. The lowest BCUT2D eigenvalue weighted by molar-refractivity contribution is -0.0629. The Morgan fingerprint density at radius 3 is 2.62 bits per heavy atom. The summed E-state index contributed by atoms with van der Waals surface area (Å²) in [5.41, 5.74) is 6.05. The van der Waals surface area contributed by atoms with Crippen LogP contribution in [0.15, 0.2) is 11.1 Å². The van der Waals surface area contributed by atoms with Crippen LogP contribution in [0.25, 0.3) is 11.2 Å². The van der Waals surface area contributed by atoms with Gasteiger partial charge >= 0.3 is 0 Å². The highest BCUT2D eigenvalue weighted by Gasteiger charge is 2.48. The molecule has 0 amide bonds. The van der Waals surface area contributed by atoms with Gasteiger partial charge in [0.1, 0.15) is 48.7 Å². The van der Waals surface area contributed by atoms with Crippen LogP contribution in [0, 0.1) is 6.92 Å². The predicted octanol–water partition coefficient (Wildman–Crippen LogP) is -1.04. The smallest absolute Gasteiger partial charge is 0.279 e. The minimum Gasteiger partial charge on any atom is -0.387 e. The van der Waals surface area contributed by atoms with Crippen LogP contribution in [-0.4, -0.2) is 102 Å². The molecule has 15 heteroatoms. The molecule has 0 aliphatic carbocycles. The first-order valence-electron chi connectivity index (χ1n) is 10.6. The number of aromatic nitrogens is 4. The molecule has 4 N–H and O–H groups in total. The van der Waals surface area contributed by atoms with Crippen LogP contribution in [0.5, 0.6) is 0 Å². The summed E-state index contributed by atoms with van der Waals surface area (Å²) in [6.07, 6.45) is -3.71. The Hall–Kier alpha value is -1.58. The summed E-state index contributed by atoms with van der Waals surface area (Å²) in [5.74, 6) is 0.453. The fraction of sp³-hybridized carbons (Fsp3) is 0.737. The van der Waals surface area contributed by atoms with Gasteiger partial charge in [-0.3, -0.25) is 9.36 Å². The van der Waals surface area contributed by atoms with Crippen LogP contribution in [0.2, 0.25) is 0 Å². The Balaban J connectivity index is 1.44. The minimum atomic E-state index is -0.911. The maximum Gasteiger partial charge on any atom is 0.279 e. The molecule has 14 nitrogen and oxygen atoms in total. The van der Waals surface area contributed by atoms with Gasteiger partial charge in [-0.1, -0.05) is 0 Å². The number of imidazole rings is 1. The van der Waals surface area contributed by atoms with E-state index in [1.54, 1.807) is 18.6 Å². The van der Waals surface area contributed by atoms with Crippen LogP contribution in [0.4, 0.5) is 0 Å². The van der Waals surface area contributed by atoms with E-state index in [9.17, 15) is 9.90 Å². The van der Waals surface area contributed by atoms with Gasteiger partial charge in [0.2, 0.25) is 0 Å². The van der Waals surface area contributed by atoms with Crippen LogP contribution in [-0.2, 0) is 32.7 Å². The average molecular weight is 503 g/mol. The second-order valence-corrected chi connectivity index (χ2v) is 8.69. The summed E-state index contributed by atoms with van der Waals surface area (Å²) < 4.78 is 41.1. The number of nitrogens with two attached hydrogens (primary N) is 1. The van der Waals surface area contributed by atoms with E-state index in [0.717, 1.165) is 0 Å². The lowest BCUT2D eigenvalue weighted by atomic mass is 10.1. The number of aromatic amines is 1. The van der Waals surface area contributed by atoms with Crippen molar-refractivity contribution in [3.63, 3.8) is 0 Å². The summed E-state index contributed by atoms with van der Waals surface area (Å²) in [4.78, 5) is 23.5. The number of nitrogens with one attached hydrogen (secondary N) is 1. The molecule has 4 heterocycles. The molecule has 2 aliphatic heterocycles. The summed E-state index contributed by atoms with van der Waals surface area (Å²) in [6.45, 7) is 1.99. The van der Waals surface area contributed by atoms with Crippen LogP contribution in [0.3, 0.4) is 0 Å². The molecule has 2 saturated heterocycles. The molecule has 0 bridgehead atoms.